The zero-order valence-corrected chi connectivity index (χ0v) is 20.8. The number of rotatable bonds is 4. The van der Waals surface area contributed by atoms with Crippen LogP contribution in [-0.2, 0) is 19.2 Å². The molecule has 0 saturated carbocycles. The summed E-state index contributed by atoms with van der Waals surface area (Å²) in [5.74, 6) is -4.66. The number of fused-ring (bicyclic) bond motifs is 1. The predicted molar refractivity (Wildman–Crippen MR) is 136 cm³/mol. The molecule has 1 aliphatic heterocycles. The summed E-state index contributed by atoms with van der Waals surface area (Å²) < 4.78 is 5.26. The summed E-state index contributed by atoms with van der Waals surface area (Å²) in [4.78, 5) is 51.0. The maximum absolute atomic E-state index is 9.10. The van der Waals surface area contributed by atoms with E-state index in [1.54, 1.807) is 7.11 Å². The van der Waals surface area contributed by atoms with Crippen LogP contribution >= 0.6 is 0 Å². The van der Waals surface area contributed by atoms with Crippen LogP contribution in [0.4, 0.5) is 5.82 Å². The van der Waals surface area contributed by atoms with Gasteiger partial charge in [-0.05, 0) is 42.9 Å². The van der Waals surface area contributed by atoms with Gasteiger partial charge in [0.05, 0.1) is 12.6 Å². The first-order chi connectivity index (χ1) is 18.1. The Balaban J connectivity index is 0.000000355. The number of carboxylic acid groups (broad SMARTS) is 4. The lowest BCUT2D eigenvalue weighted by molar-refractivity contribution is -0.159. The topological polar surface area (TPSA) is 191 Å². The standard InChI is InChI=1S/C21H24N4O.2C2H2O4/c1-3-24-12-14-25(15-13-24)21-18-6-4-5-7-19(18)22-20(23-21)16-8-10-17(26-2)11-9-16;2*3-1(4)2(5)6/h4-11H,3,12-15H2,1-2H3;2*(H,3,4)(H,5,6). The Bertz CT molecular complexity index is 1230. The van der Waals surface area contributed by atoms with E-state index in [-0.39, 0.29) is 0 Å². The number of aliphatic carboxylic acids is 4. The van der Waals surface area contributed by atoms with Crippen molar-refractivity contribution in [1.29, 1.82) is 0 Å². The van der Waals surface area contributed by atoms with Gasteiger partial charge in [-0.25, -0.2) is 29.1 Å². The van der Waals surface area contributed by atoms with Crippen LogP contribution in [0.3, 0.4) is 0 Å². The van der Waals surface area contributed by atoms with Gasteiger partial charge in [0.1, 0.15) is 11.6 Å². The summed E-state index contributed by atoms with van der Waals surface area (Å²) in [6.07, 6.45) is 0. The molecule has 13 nitrogen and oxygen atoms in total. The van der Waals surface area contributed by atoms with Crippen molar-refractivity contribution in [1.82, 2.24) is 14.9 Å². The summed E-state index contributed by atoms with van der Waals surface area (Å²) in [6, 6.07) is 16.2. The third-order valence-corrected chi connectivity index (χ3v) is 5.42. The van der Waals surface area contributed by atoms with Gasteiger partial charge in [-0.3, -0.25) is 0 Å². The van der Waals surface area contributed by atoms with Crippen molar-refractivity contribution in [3.63, 3.8) is 0 Å². The molecule has 1 aromatic heterocycles. The number of benzene rings is 2. The second-order valence-corrected chi connectivity index (χ2v) is 7.76. The van der Waals surface area contributed by atoms with Gasteiger partial charge < -0.3 is 35.0 Å². The molecule has 0 atom stereocenters. The van der Waals surface area contributed by atoms with Crippen LogP contribution in [0.2, 0.25) is 0 Å². The van der Waals surface area contributed by atoms with E-state index >= 15 is 0 Å². The highest BCUT2D eigenvalue weighted by Crippen LogP contribution is 2.29. The Morgan fingerprint density at radius 1 is 0.789 bits per heavy atom. The van der Waals surface area contributed by atoms with Crippen molar-refractivity contribution in [2.45, 2.75) is 6.92 Å². The van der Waals surface area contributed by atoms with E-state index < -0.39 is 23.9 Å². The van der Waals surface area contributed by atoms with Crippen LogP contribution in [-0.4, -0.2) is 99.0 Å². The van der Waals surface area contributed by atoms with E-state index in [0.717, 1.165) is 66.6 Å². The number of hydrogen-bond donors (Lipinski definition) is 4. The van der Waals surface area contributed by atoms with Crippen LogP contribution in [0, 0.1) is 0 Å². The number of ether oxygens (including phenoxy) is 1. The van der Waals surface area contributed by atoms with E-state index in [1.165, 1.54) is 0 Å². The normalized spacial score (nSPS) is 12.8. The van der Waals surface area contributed by atoms with E-state index in [1.807, 2.05) is 30.3 Å². The van der Waals surface area contributed by atoms with Crippen molar-refractivity contribution >= 4 is 40.6 Å². The van der Waals surface area contributed by atoms with E-state index in [4.69, 9.17) is 54.3 Å². The third kappa shape index (κ3) is 8.41. The monoisotopic (exact) mass is 528 g/mol. The van der Waals surface area contributed by atoms with Crippen LogP contribution < -0.4 is 9.64 Å². The second kappa shape index (κ2) is 14.1. The fourth-order valence-corrected chi connectivity index (χ4v) is 3.45. The molecule has 4 rings (SSSR count). The molecule has 1 saturated heterocycles. The number of aromatic nitrogens is 2. The highest BCUT2D eigenvalue weighted by atomic mass is 16.5. The first-order valence-electron chi connectivity index (χ1n) is 11.4. The molecule has 0 bridgehead atoms. The van der Waals surface area contributed by atoms with E-state index in [2.05, 4.69) is 34.9 Å². The number of carboxylic acids is 4. The molecule has 1 fully saturated rings. The predicted octanol–water partition coefficient (Wildman–Crippen LogP) is 1.76. The number of anilines is 1. The van der Waals surface area contributed by atoms with Gasteiger partial charge in [-0.2, -0.15) is 0 Å². The number of methoxy groups -OCH3 is 1. The minimum atomic E-state index is -1.82. The third-order valence-electron chi connectivity index (χ3n) is 5.42. The molecule has 0 radical (unpaired) electrons. The molecular weight excluding hydrogens is 500 g/mol. The summed E-state index contributed by atoms with van der Waals surface area (Å²) in [5, 5.41) is 30.7. The van der Waals surface area contributed by atoms with Crippen molar-refractivity contribution in [2.75, 3.05) is 44.7 Å². The number of hydrogen-bond acceptors (Lipinski definition) is 9. The maximum atomic E-state index is 9.10. The van der Waals surface area contributed by atoms with Crippen LogP contribution in [0.25, 0.3) is 22.3 Å². The van der Waals surface area contributed by atoms with Gasteiger partial charge in [0.25, 0.3) is 0 Å². The molecule has 0 aliphatic carbocycles. The second-order valence-electron chi connectivity index (χ2n) is 7.76. The zero-order valence-electron chi connectivity index (χ0n) is 20.8. The van der Waals surface area contributed by atoms with Gasteiger partial charge >= 0.3 is 23.9 Å². The Morgan fingerprint density at radius 2 is 1.32 bits per heavy atom. The van der Waals surface area contributed by atoms with Crippen LogP contribution in [0.5, 0.6) is 5.75 Å². The molecule has 4 N–H and O–H groups in total. The van der Waals surface area contributed by atoms with Crippen molar-refractivity contribution in [3.8, 4) is 17.1 Å². The van der Waals surface area contributed by atoms with Crippen LogP contribution in [0.15, 0.2) is 48.5 Å². The van der Waals surface area contributed by atoms with Gasteiger partial charge in [0.15, 0.2) is 5.82 Å². The van der Waals surface area contributed by atoms with Gasteiger partial charge in [0.2, 0.25) is 0 Å². The van der Waals surface area contributed by atoms with Crippen LogP contribution in [0.1, 0.15) is 6.92 Å². The fraction of sp³-hybridized carbons (Fsp3) is 0.280. The fourth-order valence-electron chi connectivity index (χ4n) is 3.45. The molecule has 3 aromatic rings. The first-order valence-corrected chi connectivity index (χ1v) is 11.4. The van der Waals surface area contributed by atoms with E-state index in [0.29, 0.717) is 0 Å². The Morgan fingerprint density at radius 3 is 1.79 bits per heavy atom. The summed E-state index contributed by atoms with van der Waals surface area (Å²) in [5.41, 5.74) is 1.99. The van der Waals surface area contributed by atoms with Crippen molar-refractivity contribution < 1.29 is 44.3 Å². The van der Waals surface area contributed by atoms with Gasteiger partial charge in [0, 0.05) is 37.1 Å². The smallest absolute Gasteiger partial charge is 0.414 e. The molecular formula is C25H28N4O9. The summed E-state index contributed by atoms with van der Waals surface area (Å²) >= 11 is 0. The molecule has 1 aliphatic rings. The lowest BCUT2D eigenvalue weighted by atomic mass is 10.1. The molecule has 0 amide bonds. The first kappa shape index (κ1) is 29.5. The average molecular weight is 529 g/mol. The molecule has 13 heteroatoms. The minimum absolute atomic E-state index is 0.763. The molecule has 202 valence electrons. The lowest BCUT2D eigenvalue weighted by Crippen LogP contribution is -2.46. The van der Waals surface area contributed by atoms with Gasteiger partial charge in [-0.15, -0.1) is 0 Å². The Hall–Kier alpha value is -4.78. The molecule has 2 aromatic carbocycles. The number of piperazine rings is 1. The summed E-state index contributed by atoms with van der Waals surface area (Å²) in [7, 11) is 1.68. The van der Waals surface area contributed by atoms with Gasteiger partial charge in [-0.1, -0.05) is 19.1 Å². The highest BCUT2D eigenvalue weighted by molar-refractivity contribution is 6.27. The maximum Gasteiger partial charge on any atom is 0.414 e. The number of para-hydroxylation sites is 1. The lowest BCUT2D eigenvalue weighted by Gasteiger charge is -2.35. The molecule has 2 heterocycles. The molecule has 38 heavy (non-hydrogen) atoms. The minimum Gasteiger partial charge on any atom is -0.497 e. The largest absolute Gasteiger partial charge is 0.497 e. The quantitative estimate of drug-likeness (QED) is 0.359. The Kier molecular flexibility index (Phi) is 10.9. The van der Waals surface area contributed by atoms with Crippen molar-refractivity contribution in [3.05, 3.63) is 48.5 Å². The number of likely N-dealkylation sites (N-methyl/N-ethyl adjacent to an activating group) is 1. The molecule has 0 unspecified atom stereocenters. The number of carbonyl (C=O) groups is 4. The highest BCUT2D eigenvalue weighted by Gasteiger charge is 2.20. The zero-order chi connectivity index (χ0) is 28.2. The number of nitrogens with zero attached hydrogens (tertiary/aromatic N) is 4. The van der Waals surface area contributed by atoms with E-state index in [9.17, 15) is 0 Å². The summed E-state index contributed by atoms with van der Waals surface area (Å²) in [6.45, 7) is 7.47. The SMILES string of the molecule is CCN1CCN(c2nc(-c3ccc(OC)cc3)nc3ccccc23)CC1.O=C(O)C(=O)O.O=C(O)C(=O)O. The average Bonchev–Trinajstić information content (AvgIpc) is 2.93. The van der Waals surface area contributed by atoms with Crippen molar-refractivity contribution in [2.24, 2.45) is 0 Å². The Labute approximate surface area is 217 Å². The molecule has 0 spiro atoms.